The fourth-order valence-electron chi connectivity index (χ4n) is 2.99. The van der Waals surface area contributed by atoms with Gasteiger partial charge in [-0.05, 0) is 30.3 Å². The van der Waals surface area contributed by atoms with Gasteiger partial charge in [-0.2, -0.15) is 4.31 Å². The molecule has 1 saturated heterocycles. The molecular formula is C17H15FN2O7S2. The highest BCUT2D eigenvalue weighted by Gasteiger charge is 2.44. The lowest BCUT2D eigenvalue weighted by Gasteiger charge is -2.33. The molecule has 1 aliphatic heterocycles. The first kappa shape index (κ1) is 21.0. The van der Waals surface area contributed by atoms with Gasteiger partial charge in [0, 0.05) is 31.5 Å². The number of nitro groups is 1. The van der Waals surface area contributed by atoms with Crippen LogP contribution in [0.4, 0.5) is 10.1 Å². The minimum absolute atomic E-state index is 0.179. The SMILES string of the molecule is O=C1CCN(S(=O)(=O)c2ccc(F)cc2)C(S(=O)(=O)c2cccc([N+](=O)[O-])c2)C1. The van der Waals surface area contributed by atoms with Gasteiger partial charge in [-0.1, -0.05) is 6.07 Å². The Morgan fingerprint density at radius 2 is 1.69 bits per heavy atom. The van der Waals surface area contributed by atoms with Crippen molar-refractivity contribution in [3.63, 3.8) is 0 Å². The number of nitro benzene ring substituents is 1. The van der Waals surface area contributed by atoms with Crippen molar-refractivity contribution >= 4 is 31.3 Å². The monoisotopic (exact) mass is 442 g/mol. The number of halogens is 1. The molecule has 154 valence electrons. The lowest BCUT2D eigenvalue weighted by molar-refractivity contribution is -0.385. The number of piperidine rings is 1. The molecule has 0 aromatic heterocycles. The standard InChI is InChI=1S/C17H15FN2O7S2/c18-12-4-6-15(7-5-12)29(26,27)19-9-8-14(21)11-17(19)28(24,25)16-3-1-2-13(10-16)20(22)23/h1-7,10,17H,8-9,11H2. The number of non-ortho nitro benzene ring substituents is 1. The van der Waals surface area contributed by atoms with Gasteiger partial charge in [-0.25, -0.2) is 21.2 Å². The summed E-state index contributed by atoms with van der Waals surface area (Å²) in [5.74, 6) is -1.12. The highest BCUT2D eigenvalue weighted by molar-refractivity contribution is 7.94. The zero-order chi connectivity index (χ0) is 21.4. The summed E-state index contributed by atoms with van der Waals surface area (Å²) in [7, 11) is -8.82. The minimum Gasteiger partial charge on any atom is -0.300 e. The molecule has 0 radical (unpaired) electrons. The third kappa shape index (κ3) is 4.04. The number of Topliss-reactive ketones (excluding diaryl/α,β-unsaturated/α-hetero) is 1. The van der Waals surface area contributed by atoms with Gasteiger partial charge in [0.05, 0.1) is 14.7 Å². The molecule has 1 unspecified atom stereocenters. The Hall–Kier alpha value is -2.70. The van der Waals surface area contributed by atoms with Crippen molar-refractivity contribution in [3.8, 4) is 0 Å². The summed E-state index contributed by atoms with van der Waals surface area (Å²) in [6, 6.07) is 8.02. The van der Waals surface area contributed by atoms with Crippen molar-refractivity contribution in [1.82, 2.24) is 4.31 Å². The minimum atomic E-state index is -4.45. The molecule has 2 aromatic rings. The molecule has 1 atom stereocenters. The van der Waals surface area contributed by atoms with Gasteiger partial charge in [-0.15, -0.1) is 0 Å². The van der Waals surface area contributed by atoms with E-state index in [9.17, 15) is 36.1 Å². The second kappa shape index (κ2) is 7.61. The maximum atomic E-state index is 13.2. The third-order valence-electron chi connectivity index (χ3n) is 4.47. The fourth-order valence-corrected chi connectivity index (χ4v) is 6.82. The van der Waals surface area contributed by atoms with E-state index in [0.717, 1.165) is 48.5 Å². The van der Waals surface area contributed by atoms with Crippen LogP contribution in [0.25, 0.3) is 0 Å². The van der Waals surface area contributed by atoms with Crippen LogP contribution in [0.3, 0.4) is 0 Å². The summed E-state index contributed by atoms with van der Waals surface area (Å²) in [6.07, 6.45) is -0.771. The normalized spacial score (nSPS) is 18.5. The van der Waals surface area contributed by atoms with Gasteiger partial charge in [0.2, 0.25) is 10.0 Å². The molecule has 3 rings (SSSR count). The first-order valence-corrected chi connectivity index (χ1v) is 11.3. The second-order valence-electron chi connectivity index (χ2n) is 6.32. The number of carbonyl (C=O) groups is 1. The van der Waals surface area contributed by atoms with E-state index in [-0.39, 0.29) is 17.9 Å². The molecule has 1 heterocycles. The molecule has 1 aliphatic rings. The number of hydrogen-bond donors (Lipinski definition) is 0. The Labute approximate surface area is 165 Å². The number of ketones is 1. The van der Waals surface area contributed by atoms with Crippen LogP contribution in [0, 0.1) is 15.9 Å². The van der Waals surface area contributed by atoms with Crippen molar-refractivity contribution in [1.29, 1.82) is 0 Å². The summed E-state index contributed by atoms with van der Waals surface area (Å²) in [5, 5.41) is 9.20. The van der Waals surface area contributed by atoms with E-state index < -0.39 is 58.8 Å². The molecule has 2 aromatic carbocycles. The molecule has 0 N–H and O–H groups in total. The van der Waals surface area contributed by atoms with Crippen LogP contribution in [-0.4, -0.2) is 43.8 Å². The number of sulfone groups is 1. The van der Waals surface area contributed by atoms with Gasteiger partial charge in [0.1, 0.15) is 17.0 Å². The topological polar surface area (TPSA) is 132 Å². The summed E-state index contributed by atoms with van der Waals surface area (Å²) >= 11 is 0. The van der Waals surface area contributed by atoms with Gasteiger partial charge in [0.25, 0.3) is 5.69 Å². The Bertz CT molecular complexity index is 1180. The zero-order valence-electron chi connectivity index (χ0n) is 14.8. The Morgan fingerprint density at radius 3 is 2.31 bits per heavy atom. The van der Waals surface area contributed by atoms with Crippen LogP contribution in [0.15, 0.2) is 58.3 Å². The van der Waals surface area contributed by atoms with Crippen molar-refractivity contribution in [3.05, 3.63) is 64.5 Å². The maximum absolute atomic E-state index is 13.2. The van der Waals surface area contributed by atoms with Gasteiger partial charge >= 0.3 is 0 Å². The van der Waals surface area contributed by atoms with Crippen molar-refractivity contribution in [2.45, 2.75) is 28.0 Å². The summed E-state index contributed by atoms with van der Waals surface area (Å²) in [6.45, 7) is -0.378. The quantitative estimate of drug-likeness (QED) is 0.510. The number of nitrogens with zero attached hydrogens (tertiary/aromatic N) is 2. The number of sulfonamides is 1. The van der Waals surface area contributed by atoms with Crippen LogP contribution >= 0.6 is 0 Å². The molecule has 12 heteroatoms. The lowest BCUT2D eigenvalue weighted by atomic mass is 10.1. The molecule has 0 spiro atoms. The average molecular weight is 442 g/mol. The molecule has 0 saturated carbocycles. The lowest BCUT2D eigenvalue weighted by Crippen LogP contribution is -2.50. The summed E-state index contributed by atoms with van der Waals surface area (Å²) in [5.41, 5.74) is -0.485. The smallest absolute Gasteiger partial charge is 0.270 e. The van der Waals surface area contributed by atoms with Gasteiger partial charge in [0.15, 0.2) is 9.84 Å². The largest absolute Gasteiger partial charge is 0.300 e. The summed E-state index contributed by atoms with van der Waals surface area (Å²) < 4.78 is 66.0. The van der Waals surface area contributed by atoms with Crippen LogP contribution in [0.2, 0.25) is 0 Å². The number of hydrogen-bond acceptors (Lipinski definition) is 7. The van der Waals surface area contributed by atoms with E-state index in [1.165, 1.54) is 0 Å². The van der Waals surface area contributed by atoms with E-state index in [0.29, 0.717) is 4.31 Å². The van der Waals surface area contributed by atoms with Crippen LogP contribution in [0.5, 0.6) is 0 Å². The number of rotatable bonds is 5. The predicted octanol–water partition coefficient (Wildman–Crippen LogP) is 1.89. The van der Waals surface area contributed by atoms with Crippen LogP contribution in [-0.2, 0) is 24.7 Å². The Morgan fingerprint density at radius 1 is 1.03 bits per heavy atom. The molecule has 0 aliphatic carbocycles. The average Bonchev–Trinajstić information content (AvgIpc) is 2.68. The summed E-state index contributed by atoms with van der Waals surface area (Å²) in [4.78, 5) is 21.3. The van der Waals surface area contributed by atoms with Crippen molar-refractivity contribution < 1.29 is 30.9 Å². The highest BCUT2D eigenvalue weighted by atomic mass is 32.2. The first-order valence-electron chi connectivity index (χ1n) is 8.31. The van der Waals surface area contributed by atoms with Crippen molar-refractivity contribution in [2.24, 2.45) is 0 Å². The van der Waals surface area contributed by atoms with Gasteiger partial charge in [-0.3, -0.25) is 14.9 Å². The molecule has 0 bridgehead atoms. The Kier molecular flexibility index (Phi) is 5.52. The van der Waals surface area contributed by atoms with E-state index in [4.69, 9.17) is 0 Å². The second-order valence-corrected chi connectivity index (χ2v) is 10.3. The zero-order valence-corrected chi connectivity index (χ0v) is 16.4. The fraction of sp³-hybridized carbons (Fsp3) is 0.235. The van der Waals surface area contributed by atoms with Crippen molar-refractivity contribution in [2.75, 3.05) is 6.54 Å². The first-order chi connectivity index (χ1) is 13.5. The maximum Gasteiger partial charge on any atom is 0.270 e. The van der Waals surface area contributed by atoms with Crippen LogP contribution < -0.4 is 0 Å². The molecular weight excluding hydrogens is 427 g/mol. The molecule has 29 heavy (non-hydrogen) atoms. The van der Waals surface area contributed by atoms with Gasteiger partial charge < -0.3 is 0 Å². The molecule has 1 fully saturated rings. The number of benzene rings is 2. The molecule has 0 amide bonds. The third-order valence-corrected chi connectivity index (χ3v) is 8.57. The van der Waals surface area contributed by atoms with E-state index in [1.807, 2.05) is 0 Å². The highest BCUT2D eigenvalue weighted by Crippen LogP contribution is 2.31. The van der Waals surface area contributed by atoms with E-state index >= 15 is 0 Å². The van der Waals surface area contributed by atoms with E-state index in [1.54, 1.807) is 0 Å². The van der Waals surface area contributed by atoms with E-state index in [2.05, 4.69) is 0 Å². The predicted molar refractivity (Wildman–Crippen MR) is 98.6 cm³/mol. The van der Waals surface area contributed by atoms with Crippen LogP contribution in [0.1, 0.15) is 12.8 Å². The molecule has 9 nitrogen and oxygen atoms in total. The number of carbonyl (C=O) groups excluding carboxylic acids is 1. The Balaban J connectivity index is 2.09.